The van der Waals surface area contributed by atoms with E-state index in [0.29, 0.717) is 0 Å². The van der Waals surface area contributed by atoms with Gasteiger partial charge in [-0.1, -0.05) is 0 Å². The second kappa shape index (κ2) is 1.72. The Kier molecular flexibility index (Phi) is 1.01. The van der Waals surface area contributed by atoms with E-state index in [9.17, 15) is 0 Å². The molecule has 2 heteroatoms. The molecule has 1 heterocycles. The van der Waals surface area contributed by atoms with Gasteiger partial charge in [-0.2, -0.15) is 0 Å². The van der Waals surface area contributed by atoms with Gasteiger partial charge >= 0.3 is 0 Å². The van der Waals surface area contributed by atoms with Crippen LogP contribution in [-0.4, -0.2) is 18.9 Å². The van der Waals surface area contributed by atoms with Crippen molar-refractivity contribution in [3.8, 4) is 0 Å². The largest absolute Gasteiger partial charge is 0.371 e. The standard InChI is InChI=1S/C7H12N2/c1-8-7-5-2-3-6(4-5)9-7/h5-6H,2-4H2,1H3,(H,8,9). The molecule has 2 unspecified atom stereocenters. The van der Waals surface area contributed by atoms with Crippen LogP contribution in [0.25, 0.3) is 0 Å². The van der Waals surface area contributed by atoms with Crippen molar-refractivity contribution in [3.05, 3.63) is 0 Å². The van der Waals surface area contributed by atoms with E-state index in [1.165, 1.54) is 25.1 Å². The van der Waals surface area contributed by atoms with Gasteiger partial charge in [0.15, 0.2) is 0 Å². The molecule has 0 aromatic rings. The van der Waals surface area contributed by atoms with Crippen LogP contribution >= 0.6 is 0 Å². The third kappa shape index (κ3) is 0.655. The average molecular weight is 124 g/mol. The number of piperidine rings is 1. The monoisotopic (exact) mass is 124 g/mol. The van der Waals surface area contributed by atoms with Crippen molar-refractivity contribution in [3.63, 3.8) is 0 Å². The molecule has 1 aliphatic heterocycles. The lowest BCUT2D eigenvalue weighted by Gasteiger charge is -2.13. The van der Waals surface area contributed by atoms with Crippen molar-refractivity contribution in [2.45, 2.75) is 25.3 Å². The van der Waals surface area contributed by atoms with E-state index < -0.39 is 0 Å². The molecular weight excluding hydrogens is 112 g/mol. The number of hydrogen-bond donors (Lipinski definition) is 1. The van der Waals surface area contributed by atoms with Crippen LogP contribution in [0.15, 0.2) is 4.99 Å². The predicted octanol–water partition coefficient (Wildman–Crippen LogP) is 0.787. The first-order valence-electron chi connectivity index (χ1n) is 3.63. The summed E-state index contributed by atoms with van der Waals surface area (Å²) in [6.07, 6.45) is 4.07. The Labute approximate surface area is 55.4 Å². The Morgan fingerprint density at radius 2 is 2.44 bits per heavy atom. The highest BCUT2D eigenvalue weighted by atomic mass is 15.1. The molecule has 2 fully saturated rings. The maximum absolute atomic E-state index is 4.18. The molecule has 0 amide bonds. The van der Waals surface area contributed by atoms with Crippen molar-refractivity contribution in [1.82, 2.24) is 5.32 Å². The van der Waals surface area contributed by atoms with E-state index in [4.69, 9.17) is 0 Å². The van der Waals surface area contributed by atoms with Gasteiger partial charge in [-0.15, -0.1) is 0 Å². The third-order valence-electron chi connectivity index (χ3n) is 2.41. The normalized spacial score (nSPS) is 43.9. The van der Waals surface area contributed by atoms with E-state index in [1.807, 2.05) is 7.05 Å². The number of fused-ring (bicyclic) bond motifs is 2. The molecule has 2 rings (SSSR count). The van der Waals surface area contributed by atoms with Crippen LogP contribution in [0.4, 0.5) is 0 Å². The fourth-order valence-electron chi connectivity index (χ4n) is 1.94. The van der Waals surface area contributed by atoms with E-state index >= 15 is 0 Å². The Bertz CT molecular complexity index is 151. The summed E-state index contributed by atoms with van der Waals surface area (Å²) in [5.41, 5.74) is 0. The minimum Gasteiger partial charge on any atom is -0.371 e. The highest BCUT2D eigenvalue weighted by molar-refractivity contribution is 5.87. The van der Waals surface area contributed by atoms with Gasteiger partial charge in [0.1, 0.15) is 0 Å². The molecular formula is C7H12N2. The van der Waals surface area contributed by atoms with Gasteiger partial charge in [-0.3, -0.25) is 4.99 Å². The number of aliphatic imine (C=N–C) groups is 1. The van der Waals surface area contributed by atoms with Gasteiger partial charge in [0, 0.05) is 19.0 Å². The van der Waals surface area contributed by atoms with Gasteiger partial charge in [0.25, 0.3) is 0 Å². The minimum atomic E-state index is 0.772. The summed E-state index contributed by atoms with van der Waals surface area (Å²) in [7, 11) is 1.88. The summed E-state index contributed by atoms with van der Waals surface area (Å²) in [6.45, 7) is 0. The molecule has 0 aromatic carbocycles. The van der Waals surface area contributed by atoms with E-state index in [0.717, 1.165) is 12.0 Å². The fourth-order valence-corrected chi connectivity index (χ4v) is 1.94. The summed E-state index contributed by atoms with van der Waals surface area (Å²) >= 11 is 0. The van der Waals surface area contributed by atoms with Crippen molar-refractivity contribution in [2.75, 3.05) is 7.05 Å². The molecule has 1 saturated heterocycles. The van der Waals surface area contributed by atoms with Crippen molar-refractivity contribution in [1.29, 1.82) is 0 Å². The summed E-state index contributed by atoms with van der Waals surface area (Å²) < 4.78 is 0. The highest BCUT2D eigenvalue weighted by Crippen LogP contribution is 2.31. The quantitative estimate of drug-likeness (QED) is 0.507. The first-order chi connectivity index (χ1) is 4.40. The zero-order valence-electron chi connectivity index (χ0n) is 5.72. The molecule has 2 nitrogen and oxygen atoms in total. The molecule has 0 radical (unpaired) electrons. The number of nitrogens with one attached hydrogen (secondary N) is 1. The maximum atomic E-state index is 4.18. The van der Waals surface area contributed by atoms with Gasteiger partial charge < -0.3 is 5.32 Å². The molecule has 0 aromatic heterocycles. The van der Waals surface area contributed by atoms with Crippen LogP contribution in [0.2, 0.25) is 0 Å². The number of amidine groups is 1. The molecule has 1 N–H and O–H groups in total. The zero-order valence-corrected chi connectivity index (χ0v) is 5.72. The summed E-state index contributed by atoms with van der Waals surface area (Å²) in [5, 5.41) is 3.39. The second-order valence-electron chi connectivity index (χ2n) is 2.96. The van der Waals surface area contributed by atoms with E-state index in [-0.39, 0.29) is 0 Å². The number of hydrogen-bond acceptors (Lipinski definition) is 1. The molecule has 1 aliphatic carbocycles. The van der Waals surface area contributed by atoms with Gasteiger partial charge in [-0.05, 0) is 19.3 Å². The molecule has 2 bridgehead atoms. The second-order valence-corrected chi connectivity index (χ2v) is 2.96. The fraction of sp³-hybridized carbons (Fsp3) is 0.857. The lowest BCUT2D eigenvalue weighted by Crippen LogP contribution is -2.30. The Morgan fingerprint density at radius 3 is 2.78 bits per heavy atom. The van der Waals surface area contributed by atoms with Crippen LogP contribution in [-0.2, 0) is 0 Å². The van der Waals surface area contributed by atoms with Crippen molar-refractivity contribution >= 4 is 5.84 Å². The summed E-state index contributed by atoms with van der Waals surface area (Å²) in [6, 6.07) is 0.772. The van der Waals surface area contributed by atoms with E-state index in [2.05, 4.69) is 10.3 Å². The summed E-state index contributed by atoms with van der Waals surface area (Å²) in [4.78, 5) is 4.18. The van der Waals surface area contributed by atoms with Crippen LogP contribution in [0.1, 0.15) is 19.3 Å². The molecule has 50 valence electrons. The molecule has 2 aliphatic rings. The van der Waals surface area contributed by atoms with Crippen LogP contribution < -0.4 is 5.32 Å². The SMILES string of the molecule is C/N=C1/NC2CCC1C2. The van der Waals surface area contributed by atoms with Gasteiger partial charge in [0.2, 0.25) is 0 Å². The number of nitrogens with zero attached hydrogens (tertiary/aromatic N) is 1. The van der Waals surface area contributed by atoms with Crippen LogP contribution in [0, 0.1) is 5.92 Å². The van der Waals surface area contributed by atoms with Crippen molar-refractivity contribution < 1.29 is 0 Å². The minimum absolute atomic E-state index is 0.772. The number of rotatable bonds is 0. The molecule has 1 saturated carbocycles. The van der Waals surface area contributed by atoms with Gasteiger partial charge in [-0.25, -0.2) is 0 Å². The first-order valence-corrected chi connectivity index (χ1v) is 3.63. The maximum Gasteiger partial charge on any atom is 0.0993 e. The predicted molar refractivity (Wildman–Crippen MR) is 37.6 cm³/mol. The topological polar surface area (TPSA) is 24.4 Å². The van der Waals surface area contributed by atoms with Gasteiger partial charge in [0.05, 0.1) is 5.84 Å². The molecule has 2 atom stereocenters. The lowest BCUT2D eigenvalue weighted by atomic mass is 10.1. The molecule has 9 heavy (non-hydrogen) atoms. The van der Waals surface area contributed by atoms with Crippen molar-refractivity contribution in [2.24, 2.45) is 10.9 Å². The van der Waals surface area contributed by atoms with Crippen LogP contribution in [0.5, 0.6) is 0 Å². The average Bonchev–Trinajstić information content (AvgIpc) is 2.45. The zero-order chi connectivity index (χ0) is 6.27. The highest BCUT2D eigenvalue weighted by Gasteiger charge is 2.35. The Morgan fingerprint density at radius 1 is 1.56 bits per heavy atom. The Balaban J connectivity index is 2.18. The summed E-state index contributed by atoms with van der Waals surface area (Å²) in [5.74, 6) is 2.05. The lowest BCUT2D eigenvalue weighted by molar-refractivity contribution is 0.641. The smallest absolute Gasteiger partial charge is 0.0993 e. The Hall–Kier alpha value is -0.530. The van der Waals surface area contributed by atoms with E-state index in [1.54, 1.807) is 0 Å². The molecule has 0 spiro atoms. The first kappa shape index (κ1) is 5.27. The third-order valence-corrected chi connectivity index (χ3v) is 2.41. The van der Waals surface area contributed by atoms with Crippen LogP contribution in [0.3, 0.4) is 0 Å².